The lowest BCUT2D eigenvalue weighted by molar-refractivity contribution is 1.32. The highest BCUT2D eigenvalue weighted by Crippen LogP contribution is 2.47. The van der Waals surface area contributed by atoms with Crippen molar-refractivity contribution in [2.24, 2.45) is 0 Å². The van der Waals surface area contributed by atoms with Crippen molar-refractivity contribution in [2.45, 2.75) is 0 Å². The molecule has 0 aliphatic heterocycles. The van der Waals surface area contributed by atoms with Crippen LogP contribution in [0.25, 0.3) is 223 Å². The van der Waals surface area contributed by atoms with Crippen LogP contribution >= 0.6 is 0 Å². The standard InChI is InChI=1S/2C65H45N/c1-7-21-46(22-8-1)56-44-64(66-65(45-56)61-34-20-19-33-58(61)47-23-9-2-10-24-47)57-40-54(52-35-37-59(48-25-11-3-12-26-48)62(42-52)50-29-15-5-16-30-50)39-55(41-57)53-36-38-60(49-27-13-4-14-28-49)63(43-53)51-31-17-6-18-32-51;1-7-19-46(20-8-1)48-31-33-53(34-32-48)64-44-58(47-21-9-2-10-22-47)45-65(66-64)59-40-56(54-35-37-60(49-23-11-3-12-24-49)62(42-54)51-27-15-5-16-28-51)39-57(41-59)55-36-38-61(50-25-13-4-14-26-50)63(43-55)52-29-17-6-18-30-52/h2*1-45H. The predicted molar refractivity (Wildman–Crippen MR) is 557 cm³/mol. The van der Waals surface area contributed by atoms with E-state index in [4.69, 9.17) is 9.97 Å². The molecule has 20 aromatic carbocycles. The van der Waals surface area contributed by atoms with Crippen LogP contribution in [0, 0.1) is 0 Å². The molecule has 0 unspecified atom stereocenters. The van der Waals surface area contributed by atoms with Crippen LogP contribution in [0.1, 0.15) is 0 Å². The van der Waals surface area contributed by atoms with Crippen LogP contribution < -0.4 is 0 Å². The van der Waals surface area contributed by atoms with E-state index in [1.54, 1.807) is 0 Å². The molecule has 0 aliphatic carbocycles. The van der Waals surface area contributed by atoms with E-state index in [1.807, 2.05) is 0 Å². The molecule has 22 aromatic rings. The Bertz CT molecular complexity index is 7460. The van der Waals surface area contributed by atoms with E-state index in [-0.39, 0.29) is 0 Å². The molecule has 2 heterocycles. The third kappa shape index (κ3) is 18.0. The smallest absolute Gasteiger partial charge is 0.0721 e. The first kappa shape index (κ1) is 81.7. The van der Waals surface area contributed by atoms with Crippen molar-refractivity contribution >= 4 is 0 Å². The minimum absolute atomic E-state index is 0.908. The van der Waals surface area contributed by atoms with E-state index in [0.29, 0.717) is 0 Å². The molecule has 0 radical (unpaired) electrons. The summed E-state index contributed by atoms with van der Waals surface area (Å²) in [6, 6.07) is 196. The van der Waals surface area contributed by atoms with Gasteiger partial charge in [-0.15, -0.1) is 0 Å². The van der Waals surface area contributed by atoms with Crippen molar-refractivity contribution < 1.29 is 0 Å². The number of nitrogens with zero attached hydrogens (tertiary/aromatic N) is 2. The average molecular weight is 1680 g/mol. The summed E-state index contributed by atoms with van der Waals surface area (Å²) in [5, 5.41) is 0. The maximum Gasteiger partial charge on any atom is 0.0721 e. The van der Waals surface area contributed by atoms with Gasteiger partial charge in [-0.05, 0) is 263 Å². The number of hydrogen-bond donors (Lipinski definition) is 0. The minimum Gasteiger partial charge on any atom is -0.248 e. The van der Waals surface area contributed by atoms with E-state index < -0.39 is 0 Å². The molecular weight excluding hydrogens is 1590 g/mol. The van der Waals surface area contributed by atoms with Gasteiger partial charge in [-0.2, -0.15) is 0 Å². The highest BCUT2D eigenvalue weighted by molar-refractivity contribution is 5.96. The lowest BCUT2D eigenvalue weighted by Crippen LogP contribution is -1.95. The maximum absolute atomic E-state index is 5.59. The summed E-state index contributed by atoms with van der Waals surface area (Å²) in [4.78, 5) is 11.1. The van der Waals surface area contributed by atoms with Gasteiger partial charge >= 0.3 is 0 Å². The van der Waals surface area contributed by atoms with E-state index in [2.05, 4.69) is 546 Å². The zero-order valence-corrected chi connectivity index (χ0v) is 72.9. The maximum atomic E-state index is 5.59. The van der Waals surface area contributed by atoms with Crippen LogP contribution in [0.5, 0.6) is 0 Å². The van der Waals surface area contributed by atoms with Crippen molar-refractivity contribution in [3.8, 4) is 223 Å². The second kappa shape index (κ2) is 38.1. The molecule has 2 aromatic heterocycles. The molecular formula is C130H90N2. The fourth-order valence-electron chi connectivity index (χ4n) is 18.3. The lowest BCUT2D eigenvalue weighted by atomic mass is 9.87. The van der Waals surface area contributed by atoms with Crippen LogP contribution in [0.15, 0.2) is 546 Å². The van der Waals surface area contributed by atoms with Crippen molar-refractivity contribution in [1.82, 2.24) is 9.97 Å². The summed E-state index contributed by atoms with van der Waals surface area (Å²) < 4.78 is 0. The summed E-state index contributed by atoms with van der Waals surface area (Å²) in [7, 11) is 0. The van der Waals surface area contributed by atoms with Crippen molar-refractivity contribution in [1.29, 1.82) is 0 Å². The Morgan fingerprint density at radius 3 is 0.500 bits per heavy atom. The minimum atomic E-state index is 0.908. The fraction of sp³-hybridized carbons (Fsp3) is 0. The summed E-state index contributed by atoms with van der Waals surface area (Å²) in [6.07, 6.45) is 0. The Balaban J connectivity index is 0.000000159. The molecule has 2 heteroatoms. The van der Waals surface area contributed by atoms with Gasteiger partial charge in [0.15, 0.2) is 0 Å². The zero-order valence-electron chi connectivity index (χ0n) is 72.9. The number of hydrogen-bond acceptors (Lipinski definition) is 2. The largest absolute Gasteiger partial charge is 0.248 e. The normalized spacial score (nSPS) is 11.0. The molecule has 0 bridgehead atoms. The fourth-order valence-corrected chi connectivity index (χ4v) is 18.3. The first-order valence-corrected chi connectivity index (χ1v) is 45.2. The molecule has 0 N–H and O–H groups in total. The van der Waals surface area contributed by atoms with Gasteiger partial charge in [-0.1, -0.05) is 461 Å². The van der Waals surface area contributed by atoms with Gasteiger partial charge in [0.25, 0.3) is 0 Å². The molecule has 132 heavy (non-hydrogen) atoms. The van der Waals surface area contributed by atoms with Crippen LogP contribution in [-0.4, -0.2) is 9.97 Å². The zero-order chi connectivity index (χ0) is 88.1. The molecule has 0 saturated heterocycles. The second-order valence-electron chi connectivity index (χ2n) is 33.4. The summed E-state index contributed by atoms with van der Waals surface area (Å²) in [5.41, 5.74) is 45.2. The van der Waals surface area contributed by atoms with E-state index >= 15 is 0 Å². The number of pyridine rings is 2. The Kier molecular flexibility index (Phi) is 23.6. The third-order valence-electron chi connectivity index (χ3n) is 25.0. The first-order valence-electron chi connectivity index (χ1n) is 45.2. The van der Waals surface area contributed by atoms with Gasteiger partial charge < -0.3 is 0 Å². The Labute approximate surface area is 773 Å². The van der Waals surface area contributed by atoms with Gasteiger partial charge in [0.2, 0.25) is 0 Å². The van der Waals surface area contributed by atoms with Gasteiger partial charge in [0, 0.05) is 22.3 Å². The van der Waals surface area contributed by atoms with Gasteiger partial charge in [0.05, 0.1) is 22.8 Å². The highest BCUT2D eigenvalue weighted by Gasteiger charge is 2.22. The molecule has 0 spiro atoms. The molecule has 0 amide bonds. The van der Waals surface area contributed by atoms with Crippen LogP contribution in [0.4, 0.5) is 0 Å². The average Bonchev–Trinajstić information content (AvgIpc) is 0.760. The number of aromatic nitrogens is 2. The number of rotatable bonds is 20. The van der Waals surface area contributed by atoms with Crippen molar-refractivity contribution in [2.75, 3.05) is 0 Å². The summed E-state index contributed by atoms with van der Waals surface area (Å²) in [6.45, 7) is 0. The summed E-state index contributed by atoms with van der Waals surface area (Å²) in [5.74, 6) is 0. The Morgan fingerprint density at radius 1 is 0.0758 bits per heavy atom. The number of benzene rings is 20. The summed E-state index contributed by atoms with van der Waals surface area (Å²) >= 11 is 0. The molecule has 0 saturated carbocycles. The van der Waals surface area contributed by atoms with Gasteiger partial charge in [-0.25, -0.2) is 9.97 Å². The first-order chi connectivity index (χ1) is 65.4. The Hall–Kier alpha value is -17.3. The van der Waals surface area contributed by atoms with Crippen molar-refractivity contribution in [3.05, 3.63) is 546 Å². The molecule has 620 valence electrons. The molecule has 2 nitrogen and oxygen atoms in total. The molecule has 0 atom stereocenters. The quantitative estimate of drug-likeness (QED) is 0.0760. The van der Waals surface area contributed by atoms with Crippen molar-refractivity contribution in [3.63, 3.8) is 0 Å². The van der Waals surface area contributed by atoms with Crippen LogP contribution in [0.2, 0.25) is 0 Å². The predicted octanol–water partition coefficient (Wildman–Crippen LogP) is 35.5. The van der Waals surface area contributed by atoms with Crippen LogP contribution in [0.3, 0.4) is 0 Å². The SMILES string of the molecule is c1ccc(-c2cc(-c3cc(-c4ccc(-c5ccccc5)c(-c5ccccc5)c4)cc(-c4ccc(-c5ccccc5)c(-c5ccccc5)c4)c3)nc(-c3ccccc3-c3ccccc3)c2)cc1.c1ccc(-c2ccc(-c3cc(-c4ccccc4)cc(-c4cc(-c5ccc(-c6ccccc6)c(-c6ccccc6)c5)cc(-c5ccc(-c6ccccc6)c(-c6ccccc6)c5)c4)n3)cc2)cc1. The highest BCUT2D eigenvalue weighted by atomic mass is 14.7. The van der Waals surface area contributed by atoms with Crippen LogP contribution in [-0.2, 0) is 0 Å². The van der Waals surface area contributed by atoms with Gasteiger partial charge in [0.1, 0.15) is 0 Å². The van der Waals surface area contributed by atoms with E-state index in [1.165, 1.54) is 100 Å². The molecule has 0 aliphatic rings. The lowest BCUT2D eigenvalue weighted by Gasteiger charge is -2.17. The van der Waals surface area contributed by atoms with E-state index in [9.17, 15) is 0 Å². The van der Waals surface area contributed by atoms with Gasteiger partial charge in [-0.3, -0.25) is 0 Å². The third-order valence-corrected chi connectivity index (χ3v) is 25.0. The Morgan fingerprint density at radius 2 is 0.235 bits per heavy atom. The molecule has 0 fully saturated rings. The van der Waals surface area contributed by atoms with E-state index in [0.717, 1.165) is 123 Å². The molecule has 22 rings (SSSR count). The monoisotopic (exact) mass is 1680 g/mol. The topological polar surface area (TPSA) is 25.8 Å². The second-order valence-corrected chi connectivity index (χ2v) is 33.4.